The SMILES string of the molecule is CCN(CC)C(=O)c1cc2c([N+](=O)[O-])c(O)c(O)cc2cc1C(=O)N(CC)CCCCN(C)C(=O)CCCNC(=O)OC(C)(C)C. The first-order valence-corrected chi connectivity index (χ1v) is 15.5. The third-order valence-corrected chi connectivity index (χ3v) is 7.40. The smallest absolute Gasteiger partial charge is 0.407 e. The van der Waals surface area contributed by atoms with E-state index >= 15 is 0 Å². The van der Waals surface area contributed by atoms with Gasteiger partial charge in [0.1, 0.15) is 5.60 Å². The normalized spacial score (nSPS) is 11.2. The zero-order valence-corrected chi connectivity index (χ0v) is 27.8. The van der Waals surface area contributed by atoms with Gasteiger partial charge in [-0.15, -0.1) is 0 Å². The van der Waals surface area contributed by atoms with Gasteiger partial charge >= 0.3 is 11.8 Å². The van der Waals surface area contributed by atoms with Gasteiger partial charge in [-0.25, -0.2) is 4.79 Å². The molecule has 2 aromatic carbocycles. The van der Waals surface area contributed by atoms with E-state index in [4.69, 9.17) is 4.74 Å². The number of carbonyl (C=O) groups is 4. The van der Waals surface area contributed by atoms with Gasteiger partial charge in [0.05, 0.1) is 21.4 Å². The van der Waals surface area contributed by atoms with E-state index in [2.05, 4.69) is 5.32 Å². The number of phenols is 2. The standard InChI is InChI=1S/C32H47N5O9/c1-8-35(9-2)29(41)24-20-22-21(19-25(38)28(40)27(22)37(44)45)18-23(24)30(42)36(10-3)17-12-11-16-34(7)26(39)14-13-15-33-31(43)46-32(4,5)6/h18-20,38,40H,8-17H2,1-7H3,(H,33,43). The average Bonchev–Trinajstić information content (AvgIpc) is 2.98. The first-order valence-electron chi connectivity index (χ1n) is 15.5. The van der Waals surface area contributed by atoms with E-state index in [1.807, 2.05) is 0 Å². The van der Waals surface area contributed by atoms with Crippen LogP contribution in [0.3, 0.4) is 0 Å². The Hall–Kier alpha value is -4.62. The number of rotatable bonds is 15. The number of nitrogens with one attached hydrogen (secondary N) is 1. The molecule has 0 saturated heterocycles. The molecule has 0 unspecified atom stereocenters. The number of benzene rings is 2. The number of fused-ring (bicyclic) bond motifs is 1. The molecule has 0 aliphatic heterocycles. The van der Waals surface area contributed by atoms with Crippen LogP contribution in [0.5, 0.6) is 11.5 Å². The lowest BCUT2D eigenvalue weighted by Gasteiger charge is -2.25. The molecular formula is C32H47N5O9. The number of aromatic hydroxyl groups is 2. The Morgan fingerprint density at radius 2 is 1.46 bits per heavy atom. The van der Waals surface area contributed by atoms with Crippen molar-refractivity contribution in [3.05, 3.63) is 39.4 Å². The summed E-state index contributed by atoms with van der Waals surface area (Å²) in [4.78, 5) is 67.2. The van der Waals surface area contributed by atoms with Gasteiger partial charge in [-0.05, 0) is 84.4 Å². The predicted molar refractivity (Wildman–Crippen MR) is 173 cm³/mol. The van der Waals surface area contributed by atoms with E-state index < -0.39 is 45.6 Å². The minimum absolute atomic E-state index is 0.0259. The number of nitrogens with zero attached hydrogens (tertiary/aromatic N) is 4. The number of phenolic OH excluding ortho intramolecular Hbond substituents is 2. The van der Waals surface area contributed by atoms with E-state index in [0.717, 1.165) is 6.07 Å². The summed E-state index contributed by atoms with van der Waals surface area (Å²) in [6.45, 7) is 12.7. The summed E-state index contributed by atoms with van der Waals surface area (Å²) in [6, 6.07) is 3.70. The molecular weight excluding hydrogens is 598 g/mol. The Kier molecular flexibility index (Phi) is 13.6. The molecule has 0 saturated carbocycles. The van der Waals surface area contributed by atoms with Crippen molar-refractivity contribution in [2.24, 2.45) is 0 Å². The van der Waals surface area contributed by atoms with E-state index in [1.165, 1.54) is 17.0 Å². The highest BCUT2D eigenvalue weighted by molar-refractivity contribution is 6.12. The zero-order chi connectivity index (χ0) is 34.8. The van der Waals surface area contributed by atoms with Crippen LogP contribution in [0, 0.1) is 10.1 Å². The number of hydrogen-bond donors (Lipinski definition) is 3. The molecule has 14 nitrogen and oxygen atoms in total. The molecule has 0 aromatic heterocycles. The maximum Gasteiger partial charge on any atom is 0.407 e. The maximum atomic E-state index is 13.8. The summed E-state index contributed by atoms with van der Waals surface area (Å²) in [7, 11) is 1.69. The highest BCUT2D eigenvalue weighted by atomic mass is 16.6. The average molecular weight is 646 g/mol. The van der Waals surface area contributed by atoms with Crippen molar-refractivity contribution < 1.29 is 39.1 Å². The molecule has 2 rings (SSSR count). The molecule has 0 radical (unpaired) electrons. The molecule has 0 heterocycles. The van der Waals surface area contributed by atoms with Crippen LogP contribution in [0.4, 0.5) is 10.5 Å². The van der Waals surface area contributed by atoms with Crippen LogP contribution in [0.1, 0.15) is 87.9 Å². The predicted octanol–water partition coefficient (Wildman–Crippen LogP) is 4.65. The van der Waals surface area contributed by atoms with E-state index in [1.54, 1.807) is 58.4 Å². The second kappa shape index (κ2) is 16.6. The van der Waals surface area contributed by atoms with Crippen LogP contribution in [0.25, 0.3) is 10.8 Å². The number of nitro benzene ring substituents is 1. The number of carbonyl (C=O) groups excluding carboxylic acids is 4. The summed E-state index contributed by atoms with van der Waals surface area (Å²) in [5, 5.41) is 34.8. The highest BCUT2D eigenvalue weighted by Gasteiger charge is 2.29. The molecule has 4 amide bonds. The van der Waals surface area contributed by atoms with Crippen LogP contribution < -0.4 is 5.32 Å². The van der Waals surface area contributed by atoms with Crippen LogP contribution in [-0.2, 0) is 9.53 Å². The Labute approximate surface area is 269 Å². The van der Waals surface area contributed by atoms with Crippen LogP contribution in [-0.4, -0.2) is 106 Å². The summed E-state index contributed by atoms with van der Waals surface area (Å²) in [5.74, 6) is -2.67. The summed E-state index contributed by atoms with van der Waals surface area (Å²) in [6.07, 6.45) is 1.34. The minimum atomic E-state index is -0.922. The summed E-state index contributed by atoms with van der Waals surface area (Å²) < 4.78 is 5.18. The van der Waals surface area contributed by atoms with Gasteiger partial charge < -0.3 is 35.0 Å². The monoisotopic (exact) mass is 645 g/mol. The molecule has 0 aliphatic carbocycles. The molecule has 254 valence electrons. The second-order valence-electron chi connectivity index (χ2n) is 11.9. The number of alkyl carbamates (subject to hydrolysis) is 1. The van der Waals surface area contributed by atoms with Crippen LogP contribution in [0.2, 0.25) is 0 Å². The number of amides is 4. The molecule has 0 spiro atoms. The number of hydrogen-bond acceptors (Lipinski definition) is 9. The number of nitro groups is 1. The van der Waals surface area contributed by atoms with Crippen molar-refractivity contribution in [3.8, 4) is 11.5 Å². The van der Waals surface area contributed by atoms with Crippen molar-refractivity contribution in [1.82, 2.24) is 20.0 Å². The maximum absolute atomic E-state index is 13.8. The van der Waals surface area contributed by atoms with Crippen molar-refractivity contribution in [2.75, 3.05) is 46.3 Å². The quantitative estimate of drug-likeness (QED) is 0.107. The van der Waals surface area contributed by atoms with Gasteiger partial charge in [-0.2, -0.15) is 0 Å². The fourth-order valence-electron chi connectivity index (χ4n) is 4.91. The van der Waals surface area contributed by atoms with Crippen molar-refractivity contribution in [1.29, 1.82) is 0 Å². The molecule has 14 heteroatoms. The van der Waals surface area contributed by atoms with E-state index in [0.29, 0.717) is 58.5 Å². The van der Waals surface area contributed by atoms with Gasteiger partial charge in [-0.1, -0.05) is 0 Å². The molecule has 0 fully saturated rings. The fourth-order valence-corrected chi connectivity index (χ4v) is 4.91. The first-order chi connectivity index (χ1) is 21.6. The highest BCUT2D eigenvalue weighted by Crippen LogP contribution is 2.42. The van der Waals surface area contributed by atoms with E-state index in [9.17, 15) is 39.5 Å². The van der Waals surface area contributed by atoms with Gasteiger partial charge in [0.25, 0.3) is 11.8 Å². The molecule has 0 bridgehead atoms. The van der Waals surface area contributed by atoms with Crippen molar-refractivity contribution in [3.63, 3.8) is 0 Å². The van der Waals surface area contributed by atoms with Gasteiger partial charge in [-0.3, -0.25) is 24.5 Å². The second-order valence-corrected chi connectivity index (χ2v) is 11.9. The zero-order valence-electron chi connectivity index (χ0n) is 27.8. The largest absolute Gasteiger partial charge is 0.504 e. The fraction of sp³-hybridized carbons (Fsp3) is 0.562. The molecule has 0 aliphatic rings. The Morgan fingerprint density at radius 3 is 2.02 bits per heavy atom. The molecule has 0 atom stereocenters. The minimum Gasteiger partial charge on any atom is -0.504 e. The molecule has 2 aromatic rings. The first kappa shape index (κ1) is 37.6. The third-order valence-electron chi connectivity index (χ3n) is 7.40. The Morgan fingerprint density at radius 1 is 0.891 bits per heavy atom. The molecule has 46 heavy (non-hydrogen) atoms. The van der Waals surface area contributed by atoms with Gasteiger partial charge in [0, 0.05) is 52.7 Å². The summed E-state index contributed by atoms with van der Waals surface area (Å²) >= 11 is 0. The third kappa shape index (κ3) is 9.94. The van der Waals surface area contributed by atoms with Gasteiger partial charge in [0.2, 0.25) is 11.7 Å². The van der Waals surface area contributed by atoms with Crippen LogP contribution in [0.15, 0.2) is 18.2 Å². The summed E-state index contributed by atoms with van der Waals surface area (Å²) in [5.41, 5.74) is -1.37. The van der Waals surface area contributed by atoms with E-state index in [-0.39, 0.29) is 34.2 Å². The topological polar surface area (TPSA) is 183 Å². The Balaban J connectivity index is 2.14. The van der Waals surface area contributed by atoms with Crippen LogP contribution >= 0.6 is 0 Å². The number of unbranched alkanes of at least 4 members (excludes halogenated alkanes) is 1. The number of ether oxygens (including phenoxy) is 1. The lowest BCUT2D eigenvalue weighted by Crippen LogP contribution is -2.36. The lowest BCUT2D eigenvalue weighted by atomic mass is 9.97. The van der Waals surface area contributed by atoms with Crippen molar-refractivity contribution >= 4 is 40.3 Å². The van der Waals surface area contributed by atoms with Crippen molar-refractivity contribution in [2.45, 2.75) is 72.8 Å². The molecule has 3 N–H and O–H groups in total. The lowest BCUT2D eigenvalue weighted by molar-refractivity contribution is -0.384. The van der Waals surface area contributed by atoms with Gasteiger partial charge in [0.15, 0.2) is 5.75 Å². The Bertz CT molecular complexity index is 1430.